The topological polar surface area (TPSA) is 55.5 Å². The lowest BCUT2D eigenvalue weighted by Gasteiger charge is -2.27. The van der Waals surface area contributed by atoms with Gasteiger partial charge in [0, 0.05) is 0 Å². The molecule has 3 N–H and O–H groups in total. The van der Waals surface area contributed by atoms with Crippen molar-refractivity contribution < 1.29 is 9.84 Å². The van der Waals surface area contributed by atoms with Crippen molar-refractivity contribution in [2.45, 2.75) is 25.0 Å². The number of ether oxygens (including phenoxy) is 1. The predicted molar refractivity (Wildman–Crippen MR) is 54.3 cm³/mol. The molecule has 3 heteroatoms. The smallest absolute Gasteiger partial charge is 0.119 e. The zero-order chi connectivity index (χ0) is 10.1. The summed E-state index contributed by atoms with van der Waals surface area (Å²) in [7, 11) is 1.63. The highest BCUT2D eigenvalue weighted by Gasteiger charge is 2.24. The molecule has 2 rings (SSSR count). The third-order valence-electron chi connectivity index (χ3n) is 2.84. The molecule has 2 atom stereocenters. The van der Waals surface area contributed by atoms with Gasteiger partial charge in [-0.1, -0.05) is 6.07 Å². The highest BCUT2D eigenvalue weighted by Crippen LogP contribution is 2.30. The Hall–Kier alpha value is -1.06. The molecule has 0 heterocycles. The minimum Gasteiger partial charge on any atom is -0.497 e. The molecule has 0 aromatic heterocycles. The lowest BCUT2D eigenvalue weighted by Crippen LogP contribution is -2.31. The van der Waals surface area contributed by atoms with E-state index in [-0.39, 0.29) is 6.04 Å². The Labute approximate surface area is 83.5 Å². The molecule has 0 unspecified atom stereocenters. The van der Waals surface area contributed by atoms with Gasteiger partial charge >= 0.3 is 0 Å². The molecule has 0 bridgehead atoms. The standard InChI is InChI=1S/C11H15NO2/c1-14-8-4-2-7-3-5-10(13)11(12)9(7)6-8/h2,4,6,10-11,13H,3,5,12H2,1H3/t10-,11-/m0/s1. The highest BCUT2D eigenvalue weighted by atomic mass is 16.5. The molecular formula is C11H15NO2. The maximum Gasteiger partial charge on any atom is 0.119 e. The first-order valence-corrected chi connectivity index (χ1v) is 4.83. The fraction of sp³-hybridized carbons (Fsp3) is 0.455. The molecule has 14 heavy (non-hydrogen) atoms. The lowest BCUT2D eigenvalue weighted by molar-refractivity contribution is 0.128. The van der Waals surface area contributed by atoms with E-state index in [0.29, 0.717) is 0 Å². The molecule has 1 aromatic carbocycles. The fourth-order valence-corrected chi connectivity index (χ4v) is 1.93. The van der Waals surface area contributed by atoms with Gasteiger partial charge in [-0.25, -0.2) is 0 Å². The zero-order valence-electron chi connectivity index (χ0n) is 8.23. The van der Waals surface area contributed by atoms with Gasteiger partial charge in [-0.15, -0.1) is 0 Å². The molecule has 0 fully saturated rings. The maximum atomic E-state index is 9.62. The van der Waals surface area contributed by atoms with Gasteiger partial charge in [0.05, 0.1) is 19.3 Å². The number of hydrogen-bond donors (Lipinski definition) is 2. The van der Waals surface area contributed by atoms with Crippen LogP contribution in [0.3, 0.4) is 0 Å². The van der Waals surface area contributed by atoms with Gasteiger partial charge in [-0.3, -0.25) is 0 Å². The average Bonchev–Trinajstić information content (AvgIpc) is 2.23. The Balaban J connectivity index is 2.41. The van der Waals surface area contributed by atoms with Crippen LogP contribution in [0.5, 0.6) is 5.75 Å². The van der Waals surface area contributed by atoms with Gasteiger partial charge in [0.1, 0.15) is 5.75 Å². The number of benzene rings is 1. The van der Waals surface area contributed by atoms with Crippen LogP contribution in [0.2, 0.25) is 0 Å². The van der Waals surface area contributed by atoms with Gasteiger partial charge < -0.3 is 15.6 Å². The number of hydrogen-bond acceptors (Lipinski definition) is 3. The maximum absolute atomic E-state index is 9.62. The summed E-state index contributed by atoms with van der Waals surface area (Å²) in [6, 6.07) is 5.61. The number of fused-ring (bicyclic) bond motifs is 1. The van der Waals surface area contributed by atoms with E-state index in [1.165, 1.54) is 5.56 Å². The largest absolute Gasteiger partial charge is 0.497 e. The molecule has 1 aromatic rings. The Morgan fingerprint density at radius 1 is 1.50 bits per heavy atom. The van der Waals surface area contributed by atoms with Crippen LogP contribution >= 0.6 is 0 Å². The van der Waals surface area contributed by atoms with Crippen molar-refractivity contribution in [3.63, 3.8) is 0 Å². The summed E-state index contributed by atoms with van der Waals surface area (Å²) in [6.45, 7) is 0. The van der Waals surface area contributed by atoms with E-state index in [2.05, 4.69) is 0 Å². The monoisotopic (exact) mass is 193 g/mol. The summed E-state index contributed by atoms with van der Waals surface area (Å²) in [6.07, 6.45) is 1.23. The van der Waals surface area contributed by atoms with Crippen molar-refractivity contribution in [3.8, 4) is 5.75 Å². The summed E-state index contributed by atoms with van der Waals surface area (Å²) >= 11 is 0. The first kappa shape index (κ1) is 9.49. The summed E-state index contributed by atoms with van der Waals surface area (Å²) in [5.74, 6) is 0.799. The molecule has 0 aliphatic heterocycles. The Bertz CT molecular complexity index is 338. The van der Waals surface area contributed by atoms with Crippen molar-refractivity contribution in [2.24, 2.45) is 5.73 Å². The van der Waals surface area contributed by atoms with Gasteiger partial charge in [-0.05, 0) is 36.1 Å². The van der Waals surface area contributed by atoms with E-state index < -0.39 is 6.10 Å². The summed E-state index contributed by atoms with van der Waals surface area (Å²) in [5, 5.41) is 9.62. The average molecular weight is 193 g/mol. The molecule has 0 saturated heterocycles. The normalized spacial score (nSPS) is 25.6. The van der Waals surface area contributed by atoms with Gasteiger partial charge in [0.2, 0.25) is 0 Å². The number of aliphatic hydroxyl groups excluding tert-OH is 1. The van der Waals surface area contributed by atoms with Crippen molar-refractivity contribution >= 4 is 0 Å². The molecule has 76 valence electrons. The molecule has 0 amide bonds. The Kier molecular flexibility index (Phi) is 2.44. The van der Waals surface area contributed by atoms with Gasteiger partial charge in [0.15, 0.2) is 0 Å². The summed E-state index contributed by atoms with van der Waals surface area (Å²) in [4.78, 5) is 0. The van der Waals surface area contributed by atoms with E-state index in [0.717, 1.165) is 24.2 Å². The minimum absolute atomic E-state index is 0.270. The van der Waals surface area contributed by atoms with Gasteiger partial charge in [-0.2, -0.15) is 0 Å². The van der Waals surface area contributed by atoms with Crippen LogP contribution in [-0.4, -0.2) is 18.3 Å². The van der Waals surface area contributed by atoms with Crippen molar-refractivity contribution in [1.29, 1.82) is 0 Å². The quantitative estimate of drug-likeness (QED) is 0.699. The number of methoxy groups -OCH3 is 1. The molecule has 3 nitrogen and oxygen atoms in total. The third kappa shape index (κ3) is 1.49. The molecule has 1 aliphatic rings. The number of nitrogens with two attached hydrogens (primary N) is 1. The first-order chi connectivity index (χ1) is 6.72. The zero-order valence-corrected chi connectivity index (χ0v) is 8.23. The fourth-order valence-electron chi connectivity index (χ4n) is 1.93. The Morgan fingerprint density at radius 3 is 3.00 bits per heavy atom. The summed E-state index contributed by atoms with van der Waals surface area (Å²) < 4.78 is 5.13. The molecular weight excluding hydrogens is 178 g/mol. The van der Waals surface area contributed by atoms with Crippen LogP contribution < -0.4 is 10.5 Å². The second kappa shape index (κ2) is 3.59. The van der Waals surface area contributed by atoms with E-state index in [4.69, 9.17) is 10.5 Å². The van der Waals surface area contributed by atoms with E-state index in [1.54, 1.807) is 7.11 Å². The second-order valence-electron chi connectivity index (χ2n) is 3.70. The van der Waals surface area contributed by atoms with Crippen molar-refractivity contribution in [3.05, 3.63) is 29.3 Å². The van der Waals surface area contributed by atoms with Crippen LogP contribution in [0.1, 0.15) is 23.6 Å². The minimum atomic E-state index is -0.422. The van der Waals surface area contributed by atoms with E-state index in [9.17, 15) is 5.11 Å². The van der Waals surface area contributed by atoms with Crippen LogP contribution in [0, 0.1) is 0 Å². The lowest BCUT2D eigenvalue weighted by atomic mass is 9.86. The first-order valence-electron chi connectivity index (χ1n) is 4.83. The number of rotatable bonds is 1. The van der Waals surface area contributed by atoms with Crippen LogP contribution in [0.15, 0.2) is 18.2 Å². The van der Waals surface area contributed by atoms with Crippen LogP contribution in [0.25, 0.3) is 0 Å². The van der Waals surface area contributed by atoms with Crippen LogP contribution in [0.4, 0.5) is 0 Å². The van der Waals surface area contributed by atoms with Crippen LogP contribution in [-0.2, 0) is 6.42 Å². The van der Waals surface area contributed by atoms with E-state index >= 15 is 0 Å². The molecule has 0 radical (unpaired) electrons. The highest BCUT2D eigenvalue weighted by molar-refractivity contribution is 5.39. The van der Waals surface area contributed by atoms with Crippen molar-refractivity contribution in [1.82, 2.24) is 0 Å². The molecule has 1 aliphatic carbocycles. The van der Waals surface area contributed by atoms with Crippen molar-refractivity contribution in [2.75, 3.05) is 7.11 Å². The third-order valence-corrected chi connectivity index (χ3v) is 2.84. The Morgan fingerprint density at radius 2 is 2.29 bits per heavy atom. The van der Waals surface area contributed by atoms with Gasteiger partial charge in [0.25, 0.3) is 0 Å². The van der Waals surface area contributed by atoms with E-state index in [1.807, 2.05) is 18.2 Å². The predicted octanol–water partition coefficient (Wildman–Crippen LogP) is 1.00. The SMILES string of the molecule is COc1ccc2c(c1)[C@H](N)[C@@H](O)CC2. The second-order valence-corrected chi connectivity index (χ2v) is 3.70. The molecule has 0 saturated carbocycles. The summed E-state index contributed by atoms with van der Waals surface area (Å²) in [5.41, 5.74) is 8.15. The molecule has 0 spiro atoms. The number of aliphatic hydroxyl groups is 1. The number of aryl methyl sites for hydroxylation is 1.